The monoisotopic (exact) mass is 285 g/mol. The number of benzene rings is 1. The van der Waals surface area contributed by atoms with Crippen molar-refractivity contribution < 1.29 is 9.18 Å². The molecular weight excluding hydrogens is 269 g/mol. The van der Waals surface area contributed by atoms with Gasteiger partial charge in [-0.25, -0.2) is 4.98 Å². The summed E-state index contributed by atoms with van der Waals surface area (Å²) in [5, 5.41) is 2.97. The maximum atomic E-state index is 13.6. The van der Waals surface area contributed by atoms with E-state index in [4.69, 9.17) is 0 Å². The summed E-state index contributed by atoms with van der Waals surface area (Å²) in [7, 11) is 0. The molecule has 108 valence electrons. The smallest absolute Gasteiger partial charge is 0.227 e. The van der Waals surface area contributed by atoms with Crippen LogP contribution in [0.25, 0.3) is 11.3 Å². The molecule has 1 saturated carbocycles. The predicted molar refractivity (Wildman–Crippen MR) is 77.1 cm³/mol. The highest BCUT2D eigenvalue weighted by Gasteiger charge is 2.32. The highest BCUT2D eigenvalue weighted by atomic mass is 19.1. The van der Waals surface area contributed by atoms with Gasteiger partial charge in [0, 0.05) is 17.2 Å². The van der Waals surface area contributed by atoms with E-state index in [0.29, 0.717) is 11.6 Å². The second-order valence-corrected chi connectivity index (χ2v) is 6.01. The average Bonchev–Trinajstić information content (AvgIpc) is 3.18. The molecule has 1 aliphatic carbocycles. The first-order valence-electron chi connectivity index (χ1n) is 7.34. The number of carbonyl (C=O) groups is 1. The number of carbonyl (C=O) groups excluding carboxylic acids is 1. The summed E-state index contributed by atoms with van der Waals surface area (Å²) in [4.78, 5) is 18.6. The molecule has 1 fully saturated rings. The normalized spacial score (nSPS) is 21.0. The van der Waals surface area contributed by atoms with Crippen molar-refractivity contribution in [2.24, 2.45) is 11.8 Å². The molecule has 0 radical (unpaired) electrons. The summed E-state index contributed by atoms with van der Waals surface area (Å²) in [6, 6.07) is 5.57. The van der Waals surface area contributed by atoms with Crippen molar-refractivity contribution in [1.29, 1.82) is 0 Å². The predicted octanol–water partition coefficient (Wildman–Crippen LogP) is 3.13. The van der Waals surface area contributed by atoms with Gasteiger partial charge in [-0.15, -0.1) is 0 Å². The Kier molecular flexibility index (Phi) is 2.80. The van der Waals surface area contributed by atoms with Gasteiger partial charge in [0.2, 0.25) is 11.9 Å². The number of aromatic nitrogens is 2. The van der Waals surface area contributed by atoms with Crippen LogP contribution in [0.3, 0.4) is 0 Å². The largest absolute Gasteiger partial charge is 0.326 e. The van der Waals surface area contributed by atoms with Crippen LogP contribution >= 0.6 is 0 Å². The third-order valence-corrected chi connectivity index (χ3v) is 4.38. The van der Waals surface area contributed by atoms with Crippen molar-refractivity contribution >= 4 is 11.6 Å². The molecule has 5 heteroatoms. The number of nitrogens with zero attached hydrogens (tertiary/aromatic N) is 1. The molecule has 4 rings (SSSR count). The van der Waals surface area contributed by atoms with Crippen LogP contribution in [0.1, 0.15) is 24.8 Å². The van der Waals surface area contributed by atoms with Gasteiger partial charge >= 0.3 is 0 Å². The van der Waals surface area contributed by atoms with E-state index in [1.165, 1.54) is 19.2 Å². The van der Waals surface area contributed by atoms with E-state index >= 15 is 0 Å². The van der Waals surface area contributed by atoms with Gasteiger partial charge in [-0.2, -0.15) is 4.39 Å². The van der Waals surface area contributed by atoms with Crippen LogP contribution < -0.4 is 5.32 Å². The molecule has 2 heterocycles. The highest BCUT2D eigenvalue weighted by molar-refractivity contribution is 5.96. The van der Waals surface area contributed by atoms with Crippen molar-refractivity contribution in [2.75, 3.05) is 5.32 Å². The van der Waals surface area contributed by atoms with E-state index in [-0.39, 0.29) is 11.8 Å². The molecule has 1 amide bonds. The average molecular weight is 285 g/mol. The Morgan fingerprint density at radius 3 is 2.90 bits per heavy atom. The first kappa shape index (κ1) is 12.6. The Bertz CT molecular complexity index is 705. The van der Waals surface area contributed by atoms with Crippen LogP contribution in [-0.4, -0.2) is 15.9 Å². The molecule has 1 aromatic heterocycles. The number of imidazole rings is 1. The van der Waals surface area contributed by atoms with Crippen LogP contribution in [0.2, 0.25) is 0 Å². The van der Waals surface area contributed by atoms with Crippen molar-refractivity contribution in [3.8, 4) is 11.3 Å². The lowest BCUT2D eigenvalue weighted by molar-refractivity contribution is -0.120. The Labute approximate surface area is 121 Å². The fourth-order valence-corrected chi connectivity index (χ4v) is 3.05. The number of aromatic amines is 1. The molecule has 1 aliphatic heterocycles. The molecule has 2 aliphatic rings. The lowest BCUT2D eigenvalue weighted by Crippen LogP contribution is -2.30. The molecule has 1 atom stereocenters. The number of hydrogen-bond donors (Lipinski definition) is 2. The number of nitrogens with one attached hydrogen (secondary N) is 2. The van der Waals surface area contributed by atoms with E-state index < -0.39 is 5.95 Å². The molecule has 2 aromatic rings. The van der Waals surface area contributed by atoms with Gasteiger partial charge in [0.1, 0.15) is 5.69 Å². The van der Waals surface area contributed by atoms with Gasteiger partial charge in [-0.1, -0.05) is 18.9 Å². The maximum Gasteiger partial charge on any atom is 0.227 e. The summed E-state index contributed by atoms with van der Waals surface area (Å²) in [5.41, 5.74) is 2.98. The molecule has 1 aromatic carbocycles. The summed E-state index contributed by atoms with van der Waals surface area (Å²) in [5.74, 6) is 0.455. The Morgan fingerprint density at radius 1 is 1.33 bits per heavy atom. The van der Waals surface area contributed by atoms with Gasteiger partial charge in [0.15, 0.2) is 0 Å². The second kappa shape index (κ2) is 4.69. The molecule has 4 nitrogen and oxygen atoms in total. The lowest BCUT2D eigenvalue weighted by atomic mass is 9.88. The number of H-pyrrole nitrogens is 1. The summed E-state index contributed by atoms with van der Waals surface area (Å²) < 4.78 is 13.6. The molecular formula is C16H16FN3O. The molecule has 21 heavy (non-hydrogen) atoms. The third-order valence-electron chi connectivity index (χ3n) is 4.38. The first-order chi connectivity index (χ1) is 10.2. The van der Waals surface area contributed by atoms with Crippen LogP contribution in [0, 0.1) is 17.8 Å². The molecule has 2 N–H and O–H groups in total. The second-order valence-electron chi connectivity index (χ2n) is 6.01. The van der Waals surface area contributed by atoms with E-state index in [0.717, 1.165) is 29.7 Å². The molecule has 1 unspecified atom stereocenters. The number of hydrogen-bond acceptors (Lipinski definition) is 2. The van der Waals surface area contributed by atoms with Crippen molar-refractivity contribution in [2.45, 2.75) is 25.7 Å². The zero-order valence-electron chi connectivity index (χ0n) is 11.5. The van der Waals surface area contributed by atoms with Crippen molar-refractivity contribution in [3.63, 3.8) is 0 Å². The summed E-state index contributed by atoms with van der Waals surface area (Å²) >= 11 is 0. The fraction of sp³-hybridized carbons (Fsp3) is 0.375. The Morgan fingerprint density at radius 2 is 2.19 bits per heavy atom. The zero-order chi connectivity index (χ0) is 14.4. The number of amides is 1. The third kappa shape index (κ3) is 2.33. The van der Waals surface area contributed by atoms with Crippen LogP contribution in [-0.2, 0) is 11.2 Å². The van der Waals surface area contributed by atoms with Crippen molar-refractivity contribution in [1.82, 2.24) is 9.97 Å². The molecule has 0 bridgehead atoms. The zero-order valence-corrected chi connectivity index (χ0v) is 11.5. The SMILES string of the molecule is O=C1Nc2ccc(-c3nc[nH]c3F)cc2CC1CC1CC1. The number of rotatable bonds is 3. The highest BCUT2D eigenvalue weighted by Crippen LogP contribution is 2.39. The number of fused-ring (bicyclic) bond motifs is 1. The maximum absolute atomic E-state index is 13.6. The van der Waals surface area contributed by atoms with Crippen molar-refractivity contribution in [3.05, 3.63) is 36.0 Å². The Hall–Kier alpha value is -2.17. The van der Waals surface area contributed by atoms with Gasteiger partial charge in [0.25, 0.3) is 0 Å². The van der Waals surface area contributed by atoms with Crippen LogP contribution in [0.4, 0.5) is 10.1 Å². The van der Waals surface area contributed by atoms with Crippen LogP contribution in [0.5, 0.6) is 0 Å². The standard InChI is InChI=1S/C16H16FN3O/c17-15-14(18-8-19-15)10-3-4-13-11(6-10)7-12(16(21)20-13)5-9-1-2-9/h3-4,6,8-9,12H,1-2,5,7H2,(H,18,19)(H,20,21). The molecule has 0 spiro atoms. The number of anilines is 1. The van der Waals surface area contributed by atoms with Crippen LogP contribution in [0.15, 0.2) is 24.5 Å². The first-order valence-corrected chi connectivity index (χ1v) is 7.34. The minimum Gasteiger partial charge on any atom is -0.326 e. The minimum absolute atomic E-state index is 0.0456. The van der Waals surface area contributed by atoms with Gasteiger partial charge in [-0.3, -0.25) is 4.79 Å². The minimum atomic E-state index is -0.427. The quantitative estimate of drug-likeness (QED) is 0.910. The van der Waals surface area contributed by atoms with E-state index in [2.05, 4.69) is 15.3 Å². The van der Waals surface area contributed by atoms with Gasteiger partial charge in [0.05, 0.1) is 6.33 Å². The fourth-order valence-electron chi connectivity index (χ4n) is 3.05. The molecule has 0 saturated heterocycles. The number of halogens is 1. The van der Waals surface area contributed by atoms with E-state index in [1.807, 2.05) is 12.1 Å². The lowest BCUT2D eigenvalue weighted by Gasteiger charge is -2.25. The topological polar surface area (TPSA) is 57.8 Å². The Balaban J connectivity index is 1.65. The summed E-state index contributed by atoms with van der Waals surface area (Å²) in [6.45, 7) is 0. The van der Waals surface area contributed by atoms with E-state index in [1.54, 1.807) is 6.07 Å². The van der Waals surface area contributed by atoms with Gasteiger partial charge < -0.3 is 10.3 Å². The van der Waals surface area contributed by atoms with Gasteiger partial charge in [-0.05, 0) is 36.5 Å². The van der Waals surface area contributed by atoms with E-state index in [9.17, 15) is 9.18 Å². The summed E-state index contributed by atoms with van der Waals surface area (Å²) in [6.07, 6.45) is 5.54.